The molecule has 94 valence electrons. The lowest BCUT2D eigenvalue weighted by atomic mass is 10.1. The van der Waals surface area contributed by atoms with Crippen LogP contribution in [-0.2, 0) is 9.47 Å². The largest absolute Gasteiger partial charge is 0.394 e. The number of hydrogen-bond donors (Lipinski definition) is 3. The first-order valence-electron chi connectivity index (χ1n) is 5.51. The lowest BCUT2D eigenvalue weighted by molar-refractivity contribution is -0.277. The molecular weight excluding hydrogens is 224 g/mol. The summed E-state index contributed by atoms with van der Waals surface area (Å²) in [5.41, 5.74) is 0.814. The van der Waals surface area contributed by atoms with Gasteiger partial charge in [-0.05, 0) is 0 Å². The van der Waals surface area contributed by atoms with Crippen LogP contribution in [0.5, 0.6) is 0 Å². The topological polar surface area (TPSA) is 79.2 Å². The van der Waals surface area contributed by atoms with Gasteiger partial charge in [-0.15, -0.1) is 0 Å². The van der Waals surface area contributed by atoms with Crippen LogP contribution in [-0.4, -0.2) is 46.8 Å². The van der Waals surface area contributed by atoms with E-state index >= 15 is 0 Å². The van der Waals surface area contributed by atoms with E-state index in [0.29, 0.717) is 0 Å². The first-order valence-corrected chi connectivity index (χ1v) is 5.51. The zero-order valence-corrected chi connectivity index (χ0v) is 9.27. The van der Waals surface area contributed by atoms with Gasteiger partial charge in [-0.1, -0.05) is 30.3 Å². The highest BCUT2D eigenvalue weighted by Gasteiger charge is 2.35. The highest BCUT2D eigenvalue weighted by molar-refractivity contribution is 5.16. The Morgan fingerprint density at radius 2 is 2.00 bits per heavy atom. The maximum absolute atomic E-state index is 9.61. The molecule has 0 aromatic heterocycles. The average molecular weight is 240 g/mol. The molecule has 0 saturated carbocycles. The van der Waals surface area contributed by atoms with Gasteiger partial charge in [-0.2, -0.15) is 0 Å². The third-order valence-corrected chi connectivity index (χ3v) is 2.72. The van der Waals surface area contributed by atoms with Gasteiger partial charge in [0.1, 0.15) is 18.3 Å². The van der Waals surface area contributed by atoms with Gasteiger partial charge in [0.25, 0.3) is 0 Å². The van der Waals surface area contributed by atoms with Crippen LogP contribution in [0.4, 0.5) is 0 Å². The molecule has 1 aliphatic heterocycles. The van der Waals surface area contributed by atoms with E-state index in [-0.39, 0.29) is 6.61 Å². The Hall–Kier alpha value is -0.980. The van der Waals surface area contributed by atoms with E-state index < -0.39 is 31.2 Å². The minimum absolute atomic E-state index is 0.0707. The summed E-state index contributed by atoms with van der Waals surface area (Å²) in [5, 5.41) is 28.0. The van der Waals surface area contributed by atoms with Crippen LogP contribution in [0.25, 0.3) is 0 Å². The van der Waals surface area contributed by atoms with Crippen LogP contribution in [0.2, 0.25) is 0 Å². The molecule has 2 rings (SSSR count). The first kappa shape index (κ1) is 12.5. The van der Waals surface area contributed by atoms with Crippen molar-refractivity contribution >= 4 is 0 Å². The van der Waals surface area contributed by atoms with Crippen molar-refractivity contribution in [2.24, 2.45) is 0 Å². The smallest absolute Gasteiger partial charge is 0.184 e. The molecule has 1 aromatic rings. The molecule has 0 aliphatic carbocycles. The molecule has 5 nitrogen and oxygen atoms in total. The molecule has 1 unspecified atom stereocenters. The van der Waals surface area contributed by atoms with E-state index in [4.69, 9.17) is 14.6 Å². The van der Waals surface area contributed by atoms with Gasteiger partial charge in [-0.25, -0.2) is 0 Å². The van der Waals surface area contributed by atoms with Gasteiger partial charge in [0.2, 0.25) is 0 Å². The van der Waals surface area contributed by atoms with Crippen molar-refractivity contribution in [3.8, 4) is 0 Å². The van der Waals surface area contributed by atoms with Crippen molar-refractivity contribution < 1.29 is 24.8 Å². The Morgan fingerprint density at radius 3 is 2.65 bits per heavy atom. The molecule has 1 aliphatic rings. The predicted octanol–water partition coefficient (Wildman–Crippen LogP) is -0.185. The van der Waals surface area contributed by atoms with Crippen molar-refractivity contribution in [1.29, 1.82) is 0 Å². The van der Waals surface area contributed by atoms with E-state index in [0.717, 1.165) is 5.56 Å². The van der Waals surface area contributed by atoms with E-state index in [1.165, 1.54) is 0 Å². The van der Waals surface area contributed by atoms with E-state index in [1.54, 1.807) is 0 Å². The maximum Gasteiger partial charge on any atom is 0.184 e. The molecule has 4 atom stereocenters. The van der Waals surface area contributed by atoms with E-state index in [9.17, 15) is 10.2 Å². The van der Waals surface area contributed by atoms with Crippen molar-refractivity contribution in [3.63, 3.8) is 0 Å². The first-order chi connectivity index (χ1) is 8.22. The van der Waals surface area contributed by atoms with Crippen LogP contribution in [0, 0.1) is 0 Å². The fraction of sp³-hybridized carbons (Fsp3) is 0.500. The third-order valence-electron chi connectivity index (χ3n) is 2.72. The van der Waals surface area contributed by atoms with Crippen molar-refractivity contribution in [1.82, 2.24) is 0 Å². The molecule has 0 amide bonds. The molecule has 1 saturated heterocycles. The van der Waals surface area contributed by atoms with Crippen LogP contribution >= 0.6 is 0 Å². The lowest BCUT2D eigenvalue weighted by Crippen LogP contribution is -2.48. The second-order valence-electron chi connectivity index (χ2n) is 3.99. The molecule has 1 fully saturated rings. The summed E-state index contributed by atoms with van der Waals surface area (Å²) >= 11 is 0. The summed E-state index contributed by atoms with van der Waals surface area (Å²) in [5.74, 6) is 0. The second-order valence-corrected chi connectivity index (χ2v) is 3.99. The normalized spacial score (nSPS) is 31.1. The molecule has 0 spiro atoms. The average Bonchev–Trinajstić information content (AvgIpc) is 2.39. The Bertz CT molecular complexity index is 338. The van der Waals surface area contributed by atoms with Crippen molar-refractivity contribution in [2.75, 3.05) is 13.2 Å². The van der Waals surface area contributed by atoms with Gasteiger partial charge >= 0.3 is 0 Å². The molecule has 0 radical (unpaired) electrons. The second kappa shape index (κ2) is 5.57. The highest BCUT2D eigenvalue weighted by Crippen LogP contribution is 2.27. The number of hydrogen-bond acceptors (Lipinski definition) is 5. The van der Waals surface area contributed by atoms with Crippen molar-refractivity contribution in [2.45, 2.75) is 24.6 Å². The van der Waals surface area contributed by atoms with Gasteiger partial charge in [0.05, 0.1) is 13.2 Å². The fourth-order valence-corrected chi connectivity index (χ4v) is 1.79. The van der Waals surface area contributed by atoms with Gasteiger partial charge < -0.3 is 24.8 Å². The Labute approximate surface area is 99.2 Å². The summed E-state index contributed by atoms with van der Waals surface area (Å²) in [4.78, 5) is 0. The van der Waals surface area contributed by atoms with E-state index in [2.05, 4.69) is 0 Å². The summed E-state index contributed by atoms with van der Waals surface area (Å²) in [6.45, 7) is -0.384. The molecular formula is C12H16O5. The number of aliphatic hydroxyl groups is 3. The SMILES string of the molecule is OC[C@H](O)[C@H]1OC(c2ccccc2)OC[C@@H]1O. The lowest BCUT2D eigenvalue weighted by Gasteiger charge is -2.36. The minimum atomic E-state index is -1.11. The van der Waals surface area contributed by atoms with Gasteiger partial charge in [-0.3, -0.25) is 0 Å². The van der Waals surface area contributed by atoms with Crippen LogP contribution in [0.3, 0.4) is 0 Å². The molecule has 1 aromatic carbocycles. The van der Waals surface area contributed by atoms with Crippen LogP contribution in [0.15, 0.2) is 30.3 Å². The standard InChI is InChI=1S/C12H16O5/c13-6-9(14)11-10(15)7-16-12(17-11)8-4-2-1-3-5-8/h1-5,9-15H,6-7H2/t9-,10-,11+,12?/m0/s1. The summed E-state index contributed by atoms with van der Waals surface area (Å²) in [6.07, 6.45) is -3.50. The quantitative estimate of drug-likeness (QED) is 0.682. The fourth-order valence-electron chi connectivity index (χ4n) is 1.79. The van der Waals surface area contributed by atoms with Crippen LogP contribution in [0.1, 0.15) is 11.9 Å². The highest BCUT2D eigenvalue weighted by atomic mass is 16.7. The van der Waals surface area contributed by atoms with Gasteiger partial charge in [0.15, 0.2) is 6.29 Å². The van der Waals surface area contributed by atoms with Crippen molar-refractivity contribution in [3.05, 3.63) is 35.9 Å². The minimum Gasteiger partial charge on any atom is -0.394 e. The van der Waals surface area contributed by atoms with Crippen LogP contribution < -0.4 is 0 Å². The van der Waals surface area contributed by atoms with Gasteiger partial charge in [0, 0.05) is 5.56 Å². The Morgan fingerprint density at radius 1 is 1.29 bits per heavy atom. The number of aliphatic hydroxyl groups excluding tert-OH is 3. The molecule has 0 bridgehead atoms. The molecule has 5 heteroatoms. The molecule has 17 heavy (non-hydrogen) atoms. The zero-order chi connectivity index (χ0) is 12.3. The Kier molecular flexibility index (Phi) is 4.09. The summed E-state index contributed by atoms with van der Waals surface area (Å²) < 4.78 is 10.8. The number of benzene rings is 1. The summed E-state index contributed by atoms with van der Waals surface area (Å²) in [7, 11) is 0. The summed E-state index contributed by atoms with van der Waals surface area (Å²) in [6, 6.07) is 9.26. The molecule has 3 N–H and O–H groups in total. The monoisotopic (exact) mass is 240 g/mol. The third kappa shape index (κ3) is 2.83. The molecule has 1 heterocycles. The Balaban J connectivity index is 2.08. The van der Waals surface area contributed by atoms with E-state index in [1.807, 2.05) is 30.3 Å². The zero-order valence-electron chi connectivity index (χ0n) is 9.27. The number of rotatable bonds is 3. The predicted molar refractivity (Wildman–Crippen MR) is 59.1 cm³/mol. The number of ether oxygens (including phenoxy) is 2. The maximum atomic E-state index is 9.61.